The molecule has 0 aliphatic heterocycles. The lowest BCUT2D eigenvalue weighted by molar-refractivity contribution is -0.133. The van der Waals surface area contributed by atoms with Gasteiger partial charge in [-0.2, -0.15) is 0 Å². The number of hydrogen-bond acceptors (Lipinski definition) is 4. The number of imidazole rings is 1. The Morgan fingerprint density at radius 1 is 1.05 bits per heavy atom. The van der Waals surface area contributed by atoms with Crippen LogP contribution in [0.25, 0.3) is 27.6 Å². The second-order valence-electron chi connectivity index (χ2n) is 4.85. The average molecular weight is 309 g/mol. The van der Waals surface area contributed by atoms with Crippen LogP contribution in [-0.2, 0) is 4.79 Å². The molecule has 22 heavy (non-hydrogen) atoms. The normalized spacial score (nSPS) is 11.5. The number of carboxylic acid groups (broad SMARTS) is 1. The van der Waals surface area contributed by atoms with Crippen LogP contribution in [-0.4, -0.2) is 31.2 Å². The first kappa shape index (κ1) is 13.1. The summed E-state index contributed by atoms with van der Waals surface area (Å²) < 4.78 is 1.94. The first-order chi connectivity index (χ1) is 10.7. The maximum Gasteiger partial charge on any atom is 0.313 e. The molecule has 2 heterocycles. The van der Waals surface area contributed by atoms with Crippen LogP contribution in [0.3, 0.4) is 0 Å². The summed E-state index contributed by atoms with van der Waals surface area (Å²) in [5, 5.41) is 10.6. The third-order valence-corrected chi connectivity index (χ3v) is 4.36. The summed E-state index contributed by atoms with van der Waals surface area (Å²) in [4.78, 5) is 20.2. The van der Waals surface area contributed by atoms with Crippen LogP contribution in [0.2, 0.25) is 0 Å². The molecule has 0 saturated heterocycles. The molecule has 0 aliphatic rings. The maximum atomic E-state index is 10.9. The molecular weight excluding hydrogens is 298 g/mol. The van der Waals surface area contributed by atoms with Gasteiger partial charge < -0.3 is 5.11 Å². The lowest BCUT2D eigenvalue weighted by atomic mass is 10.2. The van der Waals surface area contributed by atoms with Crippen molar-refractivity contribution in [2.75, 3.05) is 5.75 Å². The fourth-order valence-corrected chi connectivity index (χ4v) is 3.27. The van der Waals surface area contributed by atoms with Crippen molar-refractivity contribution in [3.8, 4) is 0 Å². The Labute approximate surface area is 129 Å². The summed E-state index contributed by atoms with van der Waals surface area (Å²) in [5.74, 6) is -0.898. The zero-order chi connectivity index (χ0) is 15.1. The summed E-state index contributed by atoms with van der Waals surface area (Å²) in [6.07, 6.45) is 0. The van der Waals surface area contributed by atoms with E-state index in [9.17, 15) is 4.79 Å². The van der Waals surface area contributed by atoms with Gasteiger partial charge in [-0.3, -0.25) is 9.20 Å². The van der Waals surface area contributed by atoms with Gasteiger partial charge in [0, 0.05) is 5.39 Å². The molecule has 4 rings (SSSR count). The first-order valence-electron chi connectivity index (χ1n) is 6.74. The van der Waals surface area contributed by atoms with E-state index < -0.39 is 5.97 Å². The number of aromatic nitrogens is 3. The smallest absolute Gasteiger partial charge is 0.313 e. The van der Waals surface area contributed by atoms with Crippen LogP contribution in [0.4, 0.5) is 0 Å². The molecule has 0 saturated carbocycles. The van der Waals surface area contributed by atoms with Crippen molar-refractivity contribution >= 4 is 45.3 Å². The monoisotopic (exact) mass is 309 g/mol. The maximum absolute atomic E-state index is 10.9. The van der Waals surface area contributed by atoms with Crippen LogP contribution in [0.5, 0.6) is 0 Å². The van der Waals surface area contributed by atoms with E-state index in [4.69, 9.17) is 10.1 Å². The van der Waals surface area contributed by atoms with Gasteiger partial charge in [-0.1, -0.05) is 36.0 Å². The van der Waals surface area contributed by atoms with Crippen LogP contribution >= 0.6 is 11.8 Å². The number of thioether (sulfide) groups is 1. The van der Waals surface area contributed by atoms with Gasteiger partial charge >= 0.3 is 5.97 Å². The number of carbonyl (C=O) groups is 1. The molecule has 4 aromatic rings. The largest absolute Gasteiger partial charge is 0.481 e. The number of fused-ring (bicyclic) bond motifs is 5. The lowest BCUT2D eigenvalue weighted by Crippen LogP contribution is -2.02. The predicted molar refractivity (Wildman–Crippen MR) is 86.4 cm³/mol. The molecule has 0 atom stereocenters. The van der Waals surface area contributed by atoms with Crippen LogP contribution in [0, 0.1) is 0 Å². The molecule has 2 aromatic carbocycles. The fourth-order valence-electron chi connectivity index (χ4n) is 2.54. The molecule has 108 valence electrons. The Bertz CT molecular complexity index is 1030. The molecular formula is C16H11N3O2S. The minimum atomic E-state index is -0.863. The summed E-state index contributed by atoms with van der Waals surface area (Å²) in [6.45, 7) is 0. The van der Waals surface area contributed by atoms with Crippen molar-refractivity contribution in [2.45, 2.75) is 5.16 Å². The van der Waals surface area contributed by atoms with E-state index in [1.807, 2.05) is 52.9 Å². The van der Waals surface area contributed by atoms with Gasteiger partial charge in [-0.25, -0.2) is 9.97 Å². The highest BCUT2D eigenvalue weighted by molar-refractivity contribution is 7.99. The van der Waals surface area contributed by atoms with Gasteiger partial charge in [0.05, 0.1) is 22.3 Å². The molecule has 0 bridgehead atoms. The second-order valence-corrected chi connectivity index (χ2v) is 5.80. The predicted octanol–water partition coefficient (Wildman–Crippen LogP) is 3.21. The van der Waals surface area contributed by atoms with Crippen molar-refractivity contribution < 1.29 is 9.90 Å². The number of aliphatic carboxylic acids is 1. The Morgan fingerprint density at radius 3 is 2.59 bits per heavy atom. The van der Waals surface area contributed by atoms with E-state index in [1.165, 1.54) is 11.8 Å². The molecule has 0 spiro atoms. The van der Waals surface area contributed by atoms with E-state index in [0.29, 0.717) is 5.16 Å². The summed E-state index contributed by atoms with van der Waals surface area (Å²) in [5.41, 5.74) is 3.43. The van der Waals surface area contributed by atoms with Gasteiger partial charge in [0.15, 0.2) is 5.16 Å². The van der Waals surface area contributed by atoms with Crippen LogP contribution < -0.4 is 0 Å². The first-order valence-corrected chi connectivity index (χ1v) is 7.73. The molecule has 0 aliphatic carbocycles. The van der Waals surface area contributed by atoms with Gasteiger partial charge in [0.25, 0.3) is 0 Å². The fraction of sp³-hybridized carbons (Fsp3) is 0.0625. The third-order valence-electron chi connectivity index (χ3n) is 3.44. The Morgan fingerprint density at radius 2 is 1.77 bits per heavy atom. The van der Waals surface area contributed by atoms with Crippen molar-refractivity contribution in [3.05, 3.63) is 48.5 Å². The Kier molecular flexibility index (Phi) is 2.97. The number of nitrogens with zero attached hydrogens (tertiary/aromatic N) is 3. The summed E-state index contributed by atoms with van der Waals surface area (Å²) in [6, 6.07) is 15.6. The molecule has 2 aromatic heterocycles. The highest BCUT2D eigenvalue weighted by Crippen LogP contribution is 2.28. The molecule has 6 heteroatoms. The Balaban J connectivity index is 2.11. The van der Waals surface area contributed by atoms with Crippen LogP contribution in [0.15, 0.2) is 53.7 Å². The van der Waals surface area contributed by atoms with Crippen LogP contribution in [0.1, 0.15) is 0 Å². The van der Waals surface area contributed by atoms with Gasteiger partial charge in [-0.15, -0.1) is 0 Å². The molecule has 1 N–H and O–H groups in total. The highest BCUT2D eigenvalue weighted by Gasteiger charge is 2.14. The molecule has 0 unspecified atom stereocenters. The van der Waals surface area contributed by atoms with E-state index in [2.05, 4.69) is 4.98 Å². The van der Waals surface area contributed by atoms with Gasteiger partial charge in [0.1, 0.15) is 5.65 Å². The van der Waals surface area contributed by atoms with E-state index in [0.717, 1.165) is 27.6 Å². The molecule has 0 amide bonds. The number of carboxylic acids is 1. The van der Waals surface area contributed by atoms with Gasteiger partial charge in [0.2, 0.25) is 0 Å². The molecule has 0 radical (unpaired) electrons. The third kappa shape index (κ3) is 2.00. The lowest BCUT2D eigenvalue weighted by Gasteiger charge is -2.07. The highest BCUT2D eigenvalue weighted by atomic mass is 32.2. The van der Waals surface area contributed by atoms with E-state index in [1.54, 1.807) is 0 Å². The standard InChI is InChI=1S/C16H11N3O2S/c20-14(21)9-22-16-18-11-6-2-1-5-10(11)15-17-12-7-3-4-8-13(12)19(15)16/h1-8H,9H2,(H,20,21). The summed E-state index contributed by atoms with van der Waals surface area (Å²) in [7, 11) is 0. The Hall–Kier alpha value is -2.60. The minimum Gasteiger partial charge on any atom is -0.481 e. The van der Waals surface area contributed by atoms with Crippen molar-refractivity contribution in [1.29, 1.82) is 0 Å². The SMILES string of the molecule is O=C(O)CSc1nc2ccccc2c2nc3ccccc3n12. The molecule has 5 nitrogen and oxygen atoms in total. The van der Waals surface area contributed by atoms with E-state index in [-0.39, 0.29) is 5.75 Å². The van der Waals surface area contributed by atoms with E-state index >= 15 is 0 Å². The number of benzene rings is 2. The second kappa shape index (κ2) is 4.99. The van der Waals surface area contributed by atoms with Gasteiger partial charge in [-0.05, 0) is 24.3 Å². The molecule has 0 fully saturated rings. The van der Waals surface area contributed by atoms with Crippen molar-refractivity contribution in [2.24, 2.45) is 0 Å². The number of rotatable bonds is 3. The average Bonchev–Trinajstić information content (AvgIpc) is 2.92. The van der Waals surface area contributed by atoms with Crippen molar-refractivity contribution in [3.63, 3.8) is 0 Å². The van der Waals surface area contributed by atoms with Crippen molar-refractivity contribution in [1.82, 2.24) is 14.4 Å². The zero-order valence-corrected chi connectivity index (χ0v) is 12.2. The number of hydrogen-bond donors (Lipinski definition) is 1. The zero-order valence-electron chi connectivity index (χ0n) is 11.4. The quantitative estimate of drug-likeness (QED) is 0.465. The topological polar surface area (TPSA) is 67.5 Å². The minimum absolute atomic E-state index is 0.0348. The summed E-state index contributed by atoms with van der Waals surface area (Å²) >= 11 is 1.20. The number of para-hydroxylation sites is 3.